The number of hydrogen-bond donors (Lipinski definition) is 0. The van der Waals surface area contributed by atoms with Gasteiger partial charge < -0.3 is 0 Å². The van der Waals surface area contributed by atoms with Gasteiger partial charge in [-0.3, -0.25) is 4.57 Å². The van der Waals surface area contributed by atoms with Crippen LogP contribution in [0.15, 0.2) is 127 Å². The molecule has 3 heteroatoms. The molecule has 0 unspecified atom stereocenters. The summed E-state index contributed by atoms with van der Waals surface area (Å²) in [6, 6.07) is 46.5. The number of rotatable bonds is 2. The van der Waals surface area contributed by atoms with E-state index in [2.05, 4.69) is 160 Å². The highest BCUT2D eigenvalue weighted by Gasteiger charge is 2.41. The minimum Gasteiger partial charge on any atom is -0.293 e. The molecule has 2 aliphatic carbocycles. The van der Waals surface area contributed by atoms with E-state index >= 15 is 0 Å². The van der Waals surface area contributed by atoms with Crippen molar-refractivity contribution in [2.45, 2.75) is 38.5 Å². The Morgan fingerprint density at radius 3 is 1.94 bits per heavy atom. The van der Waals surface area contributed by atoms with Crippen LogP contribution in [0.25, 0.3) is 72.2 Å². The molecule has 6 aromatic carbocycles. The van der Waals surface area contributed by atoms with Crippen LogP contribution in [0.5, 0.6) is 0 Å². The van der Waals surface area contributed by atoms with Gasteiger partial charge in [0.05, 0.1) is 16.7 Å². The van der Waals surface area contributed by atoms with E-state index in [0.29, 0.717) is 0 Å². The van der Waals surface area contributed by atoms with Crippen molar-refractivity contribution < 1.29 is 0 Å². The van der Waals surface area contributed by atoms with Gasteiger partial charge >= 0.3 is 0 Å². The SMILES string of the molecule is CC1(C)c2ccccc2-c2cc(-c3nc4c(c(-n5c6ccccc6c6cc7ccccc7cc65)n3)C(C)(C)c3ccccc3-4)ccc21. The maximum absolute atomic E-state index is 5.59. The highest BCUT2D eigenvalue weighted by molar-refractivity contribution is 6.13. The highest BCUT2D eigenvalue weighted by atomic mass is 15.1. The fourth-order valence-corrected chi connectivity index (χ4v) is 8.62. The Kier molecular flexibility index (Phi) is 5.13. The normalized spacial score (nSPS) is 15.1. The van der Waals surface area contributed by atoms with Crippen LogP contribution in [0.4, 0.5) is 0 Å². The first-order chi connectivity index (χ1) is 22.8. The molecule has 224 valence electrons. The maximum Gasteiger partial charge on any atom is 0.162 e. The van der Waals surface area contributed by atoms with Crippen LogP contribution in [0, 0.1) is 0 Å². The third-order valence-corrected chi connectivity index (χ3v) is 11.0. The molecule has 0 aliphatic heterocycles. The Morgan fingerprint density at radius 1 is 0.489 bits per heavy atom. The van der Waals surface area contributed by atoms with Gasteiger partial charge in [0.15, 0.2) is 5.82 Å². The molecular formula is C44H33N3. The standard InChI is InChI=1S/C44H33N3/c1-43(2)34-18-10-7-15-29(34)32-24-28(21-22-36(32)43)41-45-40-31-17-8-11-19-35(31)44(3,4)39(40)42(46-41)47-37-20-12-9-16-30(37)33-23-26-13-5-6-14-27(26)25-38(33)47/h5-25H,1-4H3. The Morgan fingerprint density at radius 2 is 1.13 bits per heavy atom. The molecule has 0 saturated carbocycles. The van der Waals surface area contributed by atoms with Crippen molar-refractivity contribution in [3.8, 4) is 39.6 Å². The van der Waals surface area contributed by atoms with E-state index < -0.39 is 0 Å². The number of nitrogens with zero attached hydrogens (tertiary/aromatic N) is 3. The van der Waals surface area contributed by atoms with Gasteiger partial charge in [0.25, 0.3) is 0 Å². The molecule has 0 N–H and O–H groups in total. The van der Waals surface area contributed by atoms with Crippen LogP contribution < -0.4 is 0 Å². The predicted molar refractivity (Wildman–Crippen MR) is 194 cm³/mol. The van der Waals surface area contributed by atoms with E-state index in [9.17, 15) is 0 Å². The highest BCUT2D eigenvalue weighted by Crippen LogP contribution is 2.52. The first-order valence-corrected chi connectivity index (χ1v) is 16.5. The number of fused-ring (bicyclic) bond motifs is 10. The predicted octanol–water partition coefficient (Wildman–Crippen LogP) is 11.0. The zero-order valence-corrected chi connectivity index (χ0v) is 27.0. The van der Waals surface area contributed by atoms with Crippen LogP contribution in [0.3, 0.4) is 0 Å². The van der Waals surface area contributed by atoms with Gasteiger partial charge in [-0.05, 0) is 62.9 Å². The summed E-state index contributed by atoms with van der Waals surface area (Å²) in [6.07, 6.45) is 0. The number of para-hydroxylation sites is 1. The summed E-state index contributed by atoms with van der Waals surface area (Å²) in [7, 11) is 0. The van der Waals surface area contributed by atoms with Gasteiger partial charge in [0, 0.05) is 38.3 Å². The van der Waals surface area contributed by atoms with Crippen LogP contribution in [0.1, 0.15) is 49.9 Å². The summed E-state index contributed by atoms with van der Waals surface area (Å²) in [6.45, 7) is 9.29. The van der Waals surface area contributed by atoms with E-state index in [1.807, 2.05) is 0 Å². The third kappa shape index (κ3) is 3.46. The first-order valence-electron chi connectivity index (χ1n) is 16.5. The molecule has 10 rings (SSSR count). The summed E-state index contributed by atoms with van der Waals surface area (Å²) in [5.74, 6) is 1.71. The Hall–Kier alpha value is -5.54. The smallest absolute Gasteiger partial charge is 0.162 e. The maximum atomic E-state index is 5.59. The van der Waals surface area contributed by atoms with Crippen LogP contribution >= 0.6 is 0 Å². The molecule has 47 heavy (non-hydrogen) atoms. The van der Waals surface area contributed by atoms with E-state index in [4.69, 9.17) is 9.97 Å². The molecule has 3 nitrogen and oxygen atoms in total. The lowest BCUT2D eigenvalue weighted by molar-refractivity contribution is 0.650. The van der Waals surface area contributed by atoms with E-state index in [1.165, 1.54) is 60.5 Å². The van der Waals surface area contributed by atoms with Crippen molar-refractivity contribution in [1.29, 1.82) is 0 Å². The quantitative estimate of drug-likeness (QED) is 0.197. The molecule has 0 saturated heterocycles. The Bertz CT molecular complexity index is 2640. The molecule has 0 bridgehead atoms. The summed E-state index contributed by atoms with van der Waals surface area (Å²) in [5, 5.41) is 4.92. The molecule has 0 amide bonds. The van der Waals surface area contributed by atoms with E-state index in [1.54, 1.807) is 0 Å². The molecular weight excluding hydrogens is 571 g/mol. The van der Waals surface area contributed by atoms with Crippen molar-refractivity contribution in [2.24, 2.45) is 0 Å². The van der Waals surface area contributed by atoms with E-state index in [-0.39, 0.29) is 10.8 Å². The van der Waals surface area contributed by atoms with Gasteiger partial charge in [-0.2, -0.15) is 0 Å². The Balaban J connectivity index is 1.32. The second-order valence-electron chi connectivity index (χ2n) is 14.3. The lowest BCUT2D eigenvalue weighted by Gasteiger charge is -2.24. The van der Waals surface area contributed by atoms with Crippen molar-refractivity contribution in [2.75, 3.05) is 0 Å². The average Bonchev–Trinajstić information content (AvgIpc) is 3.63. The lowest BCUT2D eigenvalue weighted by Crippen LogP contribution is -2.19. The lowest BCUT2D eigenvalue weighted by atomic mass is 9.82. The summed E-state index contributed by atoms with van der Waals surface area (Å²) in [4.78, 5) is 11.0. The van der Waals surface area contributed by atoms with E-state index in [0.717, 1.165) is 33.9 Å². The molecule has 2 aromatic heterocycles. The van der Waals surface area contributed by atoms with Crippen LogP contribution in [-0.2, 0) is 10.8 Å². The molecule has 0 fully saturated rings. The average molecular weight is 604 g/mol. The minimum atomic E-state index is -0.283. The third-order valence-electron chi connectivity index (χ3n) is 11.0. The van der Waals surface area contributed by atoms with Crippen LogP contribution in [0.2, 0.25) is 0 Å². The number of benzene rings is 6. The van der Waals surface area contributed by atoms with Gasteiger partial charge in [-0.1, -0.05) is 131 Å². The second-order valence-corrected chi connectivity index (χ2v) is 14.3. The zero-order valence-electron chi connectivity index (χ0n) is 27.0. The summed E-state index contributed by atoms with van der Waals surface area (Å²) >= 11 is 0. The largest absolute Gasteiger partial charge is 0.293 e. The van der Waals surface area contributed by atoms with Gasteiger partial charge in [0.1, 0.15) is 5.82 Å². The van der Waals surface area contributed by atoms with Crippen LogP contribution in [-0.4, -0.2) is 14.5 Å². The minimum absolute atomic E-state index is 0.0525. The number of hydrogen-bond acceptors (Lipinski definition) is 2. The number of aromatic nitrogens is 3. The monoisotopic (exact) mass is 603 g/mol. The van der Waals surface area contributed by atoms with Crippen molar-refractivity contribution >= 4 is 32.6 Å². The molecule has 2 heterocycles. The van der Waals surface area contributed by atoms with Crippen molar-refractivity contribution in [3.63, 3.8) is 0 Å². The van der Waals surface area contributed by atoms with Crippen molar-refractivity contribution in [3.05, 3.63) is 150 Å². The Labute approximate surface area is 274 Å². The fraction of sp³-hybridized carbons (Fsp3) is 0.136. The molecule has 0 radical (unpaired) electrons. The van der Waals surface area contributed by atoms with Gasteiger partial charge in [-0.15, -0.1) is 0 Å². The van der Waals surface area contributed by atoms with Gasteiger partial charge in [-0.25, -0.2) is 9.97 Å². The summed E-state index contributed by atoms with van der Waals surface area (Å²) in [5.41, 5.74) is 13.0. The first kappa shape index (κ1) is 26.7. The molecule has 2 aliphatic rings. The van der Waals surface area contributed by atoms with Gasteiger partial charge in [0.2, 0.25) is 0 Å². The molecule has 0 atom stereocenters. The second kappa shape index (κ2) is 9.04. The molecule has 8 aromatic rings. The van der Waals surface area contributed by atoms with Crippen molar-refractivity contribution in [1.82, 2.24) is 14.5 Å². The molecule has 0 spiro atoms. The summed E-state index contributed by atoms with van der Waals surface area (Å²) < 4.78 is 2.40. The fourth-order valence-electron chi connectivity index (χ4n) is 8.62. The topological polar surface area (TPSA) is 30.7 Å². The zero-order chi connectivity index (χ0) is 31.7.